The standard InChI is InChI=1S/C15H25N3O5/c1-10(2)6-15(21)22-8-12-11(20)7-14(23-12)18(3)5-4-13(16)17-9-19/h4-5,9-12,14,20H,6-8H2,1-3H3,(H2,16,17,19)/b5-4-. The van der Waals surface area contributed by atoms with Crippen LogP contribution in [0.5, 0.6) is 0 Å². The minimum absolute atomic E-state index is 0.0233. The third-order valence-electron chi connectivity index (χ3n) is 3.32. The second-order valence-electron chi connectivity index (χ2n) is 5.85. The Hall–Kier alpha value is -1.93. The van der Waals surface area contributed by atoms with Crippen LogP contribution >= 0.6 is 0 Å². The molecule has 1 amide bonds. The fourth-order valence-corrected chi connectivity index (χ4v) is 2.08. The van der Waals surface area contributed by atoms with Gasteiger partial charge < -0.3 is 25.2 Å². The minimum atomic E-state index is -0.719. The Bertz CT molecular complexity index is 464. The van der Waals surface area contributed by atoms with Crippen molar-refractivity contribution in [2.45, 2.75) is 45.1 Å². The molecule has 0 spiro atoms. The highest BCUT2D eigenvalue weighted by Crippen LogP contribution is 2.23. The van der Waals surface area contributed by atoms with Crippen molar-refractivity contribution in [3.05, 3.63) is 12.3 Å². The number of amides is 1. The number of rotatable bonds is 8. The number of carbonyl (C=O) groups excluding carboxylic acids is 2. The van der Waals surface area contributed by atoms with Crippen LogP contribution in [0.4, 0.5) is 0 Å². The second kappa shape index (κ2) is 9.26. The van der Waals surface area contributed by atoms with Crippen molar-refractivity contribution in [2.75, 3.05) is 13.7 Å². The quantitative estimate of drug-likeness (QED) is 0.279. The molecule has 23 heavy (non-hydrogen) atoms. The Morgan fingerprint density at radius 3 is 2.87 bits per heavy atom. The van der Waals surface area contributed by atoms with Crippen LogP contribution < -0.4 is 5.73 Å². The predicted octanol–water partition coefficient (Wildman–Crippen LogP) is 0.0107. The van der Waals surface area contributed by atoms with Gasteiger partial charge >= 0.3 is 5.97 Å². The molecule has 1 rings (SSSR count). The minimum Gasteiger partial charge on any atom is -0.463 e. The van der Waals surface area contributed by atoms with Crippen molar-refractivity contribution >= 4 is 18.2 Å². The van der Waals surface area contributed by atoms with E-state index in [4.69, 9.17) is 15.2 Å². The number of aliphatic hydroxyl groups is 1. The summed E-state index contributed by atoms with van der Waals surface area (Å²) in [6.45, 7) is 3.88. The molecular weight excluding hydrogens is 302 g/mol. The van der Waals surface area contributed by atoms with E-state index in [1.807, 2.05) is 13.8 Å². The largest absolute Gasteiger partial charge is 0.463 e. The Morgan fingerprint density at radius 1 is 1.57 bits per heavy atom. The molecule has 3 N–H and O–H groups in total. The molecule has 1 fully saturated rings. The van der Waals surface area contributed by atoms with Crippen molar-refractivity contribution in [1.29, 1.82) is 0 Å². The lowest BCUT2D eigenvalue weighted by Gasteiger charge is -2.22. The topological polar surface area (TPSA) is 114 Å². The van der Waals surface area contributed by atoms with Gasteiger partial charge in [0.15, 0.2) is 0 Å². The van der Waals surface area contributed by atoms with Gasteiger partial charge in [0.2, 0.25) is 6.41 Å². The summed E-state index contributed by atoms with van der Waals surface area (Å²) in [6, 6.07) is 0. The monoisotopic (exact) mass is 327 g/mol. The maximum absolute atomic E-state index is 11.5. The fraction of sp³-hybridized carbons (Fsp3) is 0.667. The Kier molecular flexibility index (Phi) is 7.70. The smallest absolute Gasteiger partial charge is 0.306 e. The number of carbonyl (C=O) groups is 2. The van der Waals surface area contributed by atoms with Gasteiger partial charge in [0.25, 0.3) is 0 Å². The fourth-order valence-electron chi connectivity index (χ4n) is 2.08. The highest BCUT2D eigenvalue weighted by Gasteiger charge is 2.36. The van der Waals surface area contributed by atoms with E-state index >= 15 is 0 Å². The summed E-state index contributed by atoms with van der Waals surface area (Å²) in [5.41, 5.74) is 5.46. The van der Waals surface area contributed by atoms with Crippen molar-refractivity contribution in [3.8, 4) is 0 Å². The summed E-state index contributed by atoms with van der Waals surface area (Å²) in [4.78, 5) is 26.8. The van der Waals surface area contributed by atoms with Gasteiger partial charge in [-0.05, 0) is 12.0 Å². The number of esters is 1. The van der Waals surface area contributed by atoms with Crippen molar-refractivity contribution in [1.82, 2.24) is 4.90 Å². The van der Waals surface area contributed by atoms with Crippen LogP contribution in [0.25, 0.3) is 0 Å². The lowest BCUT2D eigenvalue weighted by molar-refractivity contribution is -0.151. The summed E-state index contributed by atoms with van der Waals surface area (Å²) in [7, 11) is 1.75. The first-order valence-electron chi connectivity index (χ1n) is 7.49. The number of nitrogens with zero attached hydrogens (tertiary/aromatic N) is 2. The zero-order valence-electron chi connectivity index (χ0n) is 13.7. The average Bonchev–Trinajstić information content (AvgIpc) is 2.83. The summed E-state index contributed by atoms with van der Waals surface area (Å²) >= 11 is 0. The maximum atomic E-state index is 11.5. The number of ether oxygens (including phenoxy) is 2. The van der Waals surface area contributed by atoms with Gasteiger partial charge in [0.1, 0.15) is 24.8 Å². The normalized spacial score (nSPS) is 25.1. The molecule has 8 heteroatoms. The van der Waals surface area contributed by atoms with Crippen molar-refractivity contribution in [3.63, 3.8) is 0 Å². The van der Waals surface area contributed by atoms with Gasteiger partial charge in [-0.3, -0.25) is 9.59 Å². The first kappa shape index (κ1) is 19.1. The van der Waals surface area contributed by atoms with E-state index in [0.29, 0.717) is 19.3 Å². The lowest BCUT2D eigenvalue weighted by Crippen LogP contribution is -2.30. The van der Waals surface area contributed by atoms with Crippen LogP contribution in [0.2, 0.25) is 0 Å². The summed E-state index contributed by atoms with van der Waals surface area (Å²) in [5.74, 6) is -0.00524. The molecular formula is C15H25N3O5. The molecule has 130 valence electrons. The highest BCUT2D eigenvalue weighted by atomic mass is 16.6. The molecule has 0 aromatic carbocycles. The maximum Gasteiger partial charge on any atom is 0.306 e. The second-order valence-corrected chi connectivity index (χ2v) is 5.85. The van der Waals surface area contributed by atoms with Gasteiger partial charge in [-0.25, -0.2) is 0 Å². The Morgan fingerprint density at radius 2 is 2.26 bits per heavy atom. The first-order chi connectivity index (χ1) is 10.8. The molecule has 1 saturated heterocycles. The van der Waals surface area contributed by atoms with Crippen LogP contribution in [0.1, 0.15) is 26.7 Å². The Balaban J connectivity index is 2.46. The molecule has 1 heterocycles. The molecule has 3 atom stereocenters. The SMILES string of the molecule is CC(C)CC(=O)OCC1OC(N(C)/C=C\C(N)=NC=O)CC1O. The van der Waals surface area contributed by atoms with E-state index in [-0.39, 0.29) is 30.6 Å². The molecule has 0 bridgehead atoms. The van der Waals surface area contributed by atoms with E-state index in [1.54, 1.807) is 18.1 Å². The van der Waals surface area contributed by atoms with Crippen molar-refractivity contribution < 1.29 is 24.2 Å². The third-order valence-corrected chi connectivity index (χ3v) is 3.32. The van der Waals surface area contributed by atoms with Gasteiger partial charge in [-0.2, -0.15) is 4.99 Å². The average molecular weight is 327 g/mol. The predicted molar refractivity (Wildman–Crippen MR) is 84.3 cm³/mol. The first-order valence-corrected chi connectivity index (χ1v) is 7.49. The molecule has 1 aliphatic rings. The number of hydrogen-bond donors (Lipinski definition) is 2. The zero-order valence-corrected chi connectivity index (χ0v) is 13.7. The molecule has 1 aliphatic heterocycles. The van der Waals surface area contributed by atoms with Gasteiger partial charge in [-0.15, -0.1) is 0 Å². The van der Waals surface area contributed by atoms with Crippen LogP contribution in [-0.2, 0) is 19.1 Å². The zero-order chi connectivity index (χ0) is 17.4. The molecule has 0 aromatic rings. The molecule has 0 radical (unpaired) electrons. The van der Waals surface area contributed by atoms with E-state index in [0.717, 1.165) is 0 Å². The van der Waals surface area contributed by atoms with Crippen LogP contribution in [0, 0.1) is 5.92 Å². The summed E-state index contributed by atoms with van der Waals surface area (Å²) in [5, 5.41) is 10.0. The van der Waals surface area contributed by atoms with E-state index < -0.39 is 12.2 Å². The summed E-state index contributed by atoms with van der Waals surface area (Å²) in [6.07, 6.45) is 2.47. The van der Waals surface area contributed by atoms with Crippen LogP contribution in [0.15, 0.2) is 17.3 Å². The highest BCUT2D eigenvalue weighted by molar-refractivity contribution is 5.95. The van der Waals surface area contributed by atoms with Gasteiger partial charge in [0, 0.05) is 26.1 Å². The van der Waals surface area contributed by atoms with Crippen LogP contribution in [0.3, 0.4) is 0 Å². The molecule has 8 nitrogen and oxygen atoms in total. The summed E-state index contributed by atoms with van der Waals surface area (Å²) < 4.78 is 10.8. The molecule has 0 aromatic heterocycles. The van der Waals surface area contributed by atoms with E-state index in [1.165, 1.54) is 6.08 Å². The van der Waals surface area contributed by atoms with E-state index in [2.05, 4.69) is 4.99 Å². The molecule has 0 saturated carbocycles. The lowest BCUT2D eigenvalue weighted by atomic mass is 10.1. The van der Waals surface area contributed by atoms with E-state index in [9.17, 15) is 14.7 Å². The van der Waals surface area contributed by atoms with Gasteiger partial charge in [-0.1, -0.05) is 13.8 Å². The number of nitrogens with two attached hydrogens (primary N) is 1. The third kappa shape index (κ3) is 6.79. The van der Waals surface area contributed by atoms with Crippen LogP contribution in [-0.4, -0.2) is 60.3 Å². The number of aliphatic imine (C=N–C) groups is 1. The number of amidine groups is 1. The Labute approximate surface area is 135 Å². The molecule has 3 unspecified atom stereocenters. The van der Waals surface area contributed by atoms with Gasteiger partial charge in [0.05, 0.1) is 6.10 Å². The van der Waals surface area contributed by atoms with Crippen molar-refractivity contribution in [2.24, 2.45) is 16.6 Å². The number of aliphatic hydroxyl groups excluding tert-OH is 1. The number of hydrogen-bond acceptors (Lipinski definition) is 6. The molecule has 0 aliphatic carbocycles.